The summed E-state index contributed by atoms with van der Waals surface area (Å²) in [5, 5.41) is 6.99. The number of aromatic nitrogens is 2. The molecule has 0 fully saturated rings. The van der Waals surface area contributed by atoms with Gasteiger partial charge in [-0.2, -0.15) is 5.10 Å². The molecule has 116 valence electrons. The van der Waals surface area contributed by atoms with Gasteiger partial charge in [-0.1, -0.05) is 0 Å². The van der Waals surface area contributed by atoms with Crippen LogP contribution in [0.5, 0.6) is 0 Å². The molecule has 0 aliphatic rings. The van der Waals surface area contributed by atoms with E-state index in [4.69, 9.17) is 0 Å². The van der Waals surface area contributed by atoms with Crippen molar-refractivity contribution in [3.05, 3.63) is 17.5 Å². The molecule has 1 N–H and O–H groups in total. The highest BCUT2D eigenvalue weighted by atomic mass is 32.2. The Hall–Kier alpha value is -1.02. The van der Waals surface area contributed by atoms with E-state index in [1.54, 1.807) is 0 Å². The number of hydrogen-bond donors (Lipinski definition) is 1. The maximum Gasteiger partial charge on any atom is 0.280 e. The SMILES string of the molecule is CC(C)(C)NCc1cnn(CCS(C)(=O)=O)c1C(F)F. The predicted molar refractivity (Wildman–Crippen MR) is 73.5 cm³/mol. The molecule has 0 radical (unpaired) electrons. The van der Waals surface area contributed by atoms with Crippen LogP contribution in [0.4, 0.5) is 8.78 Å². The lowest BCUT2D eigenvalue weighted by Gasteiger charge is -2.20. The summed E-state index contributed by atoms with van der Waals surface area (Å²) in [5.41, 5.74) is -0.0253. The van der Waals surface area contributed by atoms with Crippen molar-refractivity contribution in [2.24, 2.45) is 0 Å². The summed E-state index contributed by atoms with van der Waals surface area (Å²) in [6, 6.07) is 0. The summed E-state index contributed by atoms with van der Waals surface area (Å²) in [4.78, 5) is 0. The summed E-state index contributed by atoms with van der Waals surface area (Å²) >= 11 is 0. The fraction of sp³-hybridized carbons (Fsp3) is 0.750. The summed E-state index contributed by atoms with van der Waals surface area (Å²) in [6.07, 6.45) is -0.253. The fourth-order valence-corrected chi connectivity index (χ4v) is 2.12. The third kappa shape index (κ3) is 5.54. The first-order valence-corrected chi connectivity index (χ1v) is 8.31. The average molecular weight is 309 g/mol. The molecule has 0 atom stereocenters. The lowest BCUT2D eigenvalue weighted by molar-refractivity contribution is 0.138. The maximum absolute atomic E-state index is 13.1. The lowest BCUT2D eigenvalue weighted by Crippen LogP contribution is -2.35. The van der Waals surface area contributed by atoms with Gasteiger partial charge in [-0.3, -0.25) is 4.68 Å². The highest BCUT2D eigenvalue weighted by Crippen LogP contribution is 2.23. The second kappa shape index (κ2) is 6.17. The molecule has 0 aliphatic carbocycles. The van der Waals surface area contributed by atoms with Crippen molar-refractivity contribution in [1.29, 1.82) is 0 Å². The summed E-state index contributed by atoms with van der Waals surface area (Å²) < 4.78 is 49.5. The zero-order chi connectivity index (χ0) is 15.6. The number of nitrogens with zero attached hydrogens (tertiary/aromatic N) is 2. The molecule has 0 aromatic carbocycles. The molecule has 0 aliphatic heterocycles. The largest absolute Gasteiger partial charge is 0.308 e. The maximum atomic E-state index is 13.1. The van der Waals surface area contributed by atoms with Gasteiger partial charge in [0.2, 0.25) is 0 Å². The number of hydrogen-bond acceptors (Lipinski definition) is 4. The van der Waals surface area contributed by atoms with E-state index < -0.39 is 16.3 Å². The van der Waals surface area contributed by atoms with Crippen molar-refractivity contribution in [1.82, 2.24) is 15.1 Å². The van der Waals surface area contributed by atoms with Gasteiger partial charge in [0.25, 0.3) is 6.43 Å². The first kappa shape index (κ1) is 17.0. The Morgan fingerprint density at radius 2 is 2.00 bits per heavy atom. The standard InChI is InChI=1S/C12H21F2N3O2S/c1-12(2,3)15-7-9-8-16-17(10(9)11(13)14)5-6-20(4,18)19/h8,11,15H,5-7H2,1-4H3. The number of sulfone groups is 1. The van der Waals surface area contributed by atoms with Crippen LogP contribution in [-0.2, 0) is 22.9 Å². The van der Waals surface area contributed by atoms with Crippen LogP contribution in [0.25, 0.3) is 0 Å². The first-order chi connectivity index (χ1) is 8.99. The molecule has 0 saturated carbocycles. The van der Waals surface area contributed by atoms with Crippen molar-refractivity contribution in [2.75, 3.05) is 12.0 Å². The van der Waals surface area contributed by atoms with Crippen LogP contribution in [0.1, 0.15) is 38.5 Å². The molecular formula is C12H21F2N3O2S. The molecule has 0 spiro atoms. The van der Waals surface area contributed by atoms with Crippen LogP contribution in [-0.4, -0.2) is 35.7 Å². The van der Waals surface area contributed by atoms with Gasteiger partial charge in [0.1, 0.15) is 15.5 Å². The third-order valence-electron chi connectivity index (χ3n) is 2.65. The Labute approximate surface area is 118 Å². The molecule has 1 aromatic rings. The van der Waals surface area contributed by atoms with Crippen LogP contribution in [0.15, 0.2) is 6.20 Å². The van der Waals surface area contributed by atoms with Gasteiger partial charge in [-0.15, -0.1) is 0 Å². The second-order valence-electron chi connectivity index (χ2n) is 5.81. The smallest absolute Gasteiger partial charge is 0.280 e. The summed E-state index contributed by atoms with van der Waals surface area (Å²) in [7, 11) is -3.21. The Bertz CT molecular complexity index is 548. The Kier molecular flexibility index (Phi) is 5.26. The van der Waals surface area contributed by atoms with E-state index in [0.717, 1.165) is 10.9 Å². The number of aryl methyl sites for hydroxylation is 1. The van der Waals surface area contributed by atoms with E-state index >= 15 is 0 Å². The van der Waals surface area contributed by atoms with E-state index in [2.05, 4.69) is 10.4 Å². The molecule has 8 heteroatoms. The summed E-state index contributed by atoms with van der Waals surface area (Å²) in [5.74, 6) is -0.208. The van der Waals surface area contributed by atoms with Crippen LogP contribution in [0.3, 0.4) is 0 Å². The molecular weight excluding hydrogens is 288 g/mol. The van der Waals surface area contributed by atoms with Crippen molar-refractivity contribution < 1.29 is 17.2 Å². The van der Waals surface area contributed by atoms with Gasteiger partial charge in [0.05, 0.1) is 18.5 Å². The zero-order valence-electron chi connectivity index (χ0n) is 12.2. The molecule has 20 heavy (non-hydrogen) atoms. The number of nitrogens with one attached hydrogen (secondary N) is 1. The van der Waals surface area contributed by atoms with Gasteiger partial charge in [-0.25, -0.2) is 17.2 Å². The number of halogens is 2. The van der Waals surface area contributed by atoms with Crippen molar-refractivity contribution >= 4 is 9.84 Å². The van der Waals surface area contributed by atoms with E-state index in [0.29, 0.717) is 5.56 Å². The Morgan fingerprint density at radius 1 is 1.40 bits per heavy atom. The quantitative estimate of drug-likeness (QED) is 0.869. The minimum absolute atomic E-state index is 0.0615. The zero-order valence-corrected chi connectivity index (χ0v) is 13.0. The average Bonchev–Trinajstić information content (AvgIpc) is 2.64. The number of rotatable bonds is 6. The normalized spacial score (nSPS) is 13.2. The molecule has 1 rings (SSSR count). The van der Waals surface area contributed by atoms with Crippen LogP contribution in [0.2, 0.25) is 0 Å². The summed E-state index contributed by atoms with van der Waals surface area (Å²) in [6.45, 7) is 6.01. The lowest BCUT2D eigenvalue weighted by atomic mass is 10.1. The molecule has 0 unspecified atom stereocenters. The van der Waals surface area contributed by atoms with Gasteiger partial charge in [0.15, 0.2) is 0 Å². The van der Waals surface area contributed by atoms with E-state index in [9.17, 15) is 17.2 Å². The molecule has 5 nitrogen and oxygen atoms in total. The second-order valence-corrected chi connectivity index (χ2v) is 8.07. The Balaban J connectivity index is 2.90. The van der Waals surface area contributed by atoms with Crippen molar-refractivity contribution in [3.63, 3.8) is 0 Å². The Morgan fingerprint density at radius 3 is 2.45 bits per heavy atom. The highest BCUT2D eigenvalue weighted by Gasteiger charge is 2.21. The monoisotopic (exact) mass is 309 g/mol. The minimum atomic E-state index is -3.21. The molecule has 0 saturated heterocycles. The van der Waals surface area contributed by atoms with Gasteiger partial charge >= 0.3 is 0 Å². The molecule has 0 bridgehead atoms. The van der Waals surface area contributed by atoms with Crippen LogP contribution in [0, 0.1) is 0 Å². The van der Waals surface area contributed by atoms with E-state index in [1.165, 1.54) is 6.20 Å². The van der Waals surface area contributed by atoms with Gasteiger partial charge in [-0.05, 0) is 20.8 Å². The highest BCUT2D eigenvalue weighted by molar-refractivity contribution is 7.90. The van der Waals surface area contributed by atoms with Gasteiger partial charge in [0, 0.05) is 23.9 Å². The minimum Gasteiger partial charge on any atom is -0.308 e. The first-order valence-electron chi connectivity index (χ1n) is 6.25. The number of alkyl halides is 2. The molecule has 0 amide bonds. The predicted octanol–water partition coefficient (Wildman–Crippen LogP) is 1.75. The molecule has 1 heterocycles. The van der Waals surface area contributed by atoms with Crippen LogP contribution < -0.4 is 5.32 Å². The van der Waals surface area contributed by atoms with Crippen molar-refractivity contribution in [2.45, 2.75) is 45.8 Å². The van der Waals surface area contributed by atoms with E-state index in [-0.39, 0.29) is 30.1 Å². The topological polar surface area (TPSA) is 64.0 Å². The third-order valence-corrected chi connectivity index (χ3v) is 3.57. The van der Waals surface area contributed by atoms with E-state index in [1.807, 2.05) is 20.8 Å². The van der Waals surface area contributed by atoms with Crippen molar-refractivity contribution in [3.8, 4) is 0 Å². The van der Waals surface area contributed by atoms with Crippen LogP contribution >= 0.6 is 0 Å². The molecule has 1 aromatic heterocycles. The van der Waals surface area contributed by atoms with Gasteiger partial charge < -0.3 is 5.32 Å². The fourth-order valence-electron chi connectivity index (χ4n) is 1.61.